The normalized spacial score (nSPS) is 30.1. The molecule has 0 aromatic heterocycles. The van der Waals surface area contributed by atoms with E-state index in [0.717, 1.165) is 37.0 Å². The van der Waals surface area contributed by atoms with Crippen LogP contribution in [0.25, 0.3) is 11.1 Å². The minimum absolute atomic E-state index is 0.0977. The molecule has 0 radical (unpaired) electrons. The zero-order valence-electron chi connectivity index (χ0n) is 35.1. The smallest absolute Gasteiger partial charge is 0.105 e. The monoisotopic (exact) mass is 735 g/mol. The van der Waals surface area contributed by atoms with Crippen molar-refractivity contribution in [2.24, 2.45) is 40.5 Å². The molecular formula is C53H70N2. The van der Waals surface area contributed by atoms with Crippen LogP contribution in [-0.4, -0.2) is 23.8 Å². The average Bonchev–Trinajstić information content (AvgIpc) is 3.20. The zero-order chi connectivity index (χ0) is 38.4. The Labute approximate surface area is 335 Å². The second kappa shape index (κ2) is 18.1. The van der Waals surface area contributed by atoms with Gasteiger partial charge in [0, 0.05) is 13.5 Å². The highest BCUT2D eigenvalue weighted by Crippen LogP contribution is 2.49. The highest BCUT2D eigenvalue weighted by atomic mass is 15.2. The van der Waals surface area contributed by atoms with Crippen LogP contribution in [0.2, 0.25) is 0 Å². The molecule has 0 N–H and O–H groups in total. The van der Waals surface area contributed by atoms with Gasteiger partial charge in [-0.15, -0.1) is 0 Å². The van der Waals surface area contributed by atoms with Crippen molar-refractivity contribution >= 4 is 5.84 Å². The van der Waals surface area contributed by atoms with Gasteiger partial charge in [-0.3, -0.25) is 0 Å². The van der Waals surface area contributed by atoms with Gasteiger partial charge in [-0.05, 0) is 145 Å². The maximum Gasteiger partial charge on any atom is 0.105 e. The van der Waals surface area contributed by atoms with E-state index in [1.807, 2.05) is 0 Å². The zero-order valence-corrected chi connectivity index (χ0v) is 35.1. The van der Waals surface area contributed by atoms with Crippen molar-refractivity contribution in [3.63, 3.8) is 0 Å². The fraction of sp³-hybridized carbons (Fsp3) is 0.528. The molecule has 6 unspecified atom stereocenters. The van der Waals surface area contributed by atoms with Crippen LogP contribution in [0.1, 0.15) is 135 Å². The average molecular weight is 735 g/mol. The third-order valence-corrected chi connectivity index (χ3v) is 14.9. The van der Waals surface area contributed by atoms with Crippen LogP contribution in [0.15, 0.2) is 126 Å². The molecule has 55 heavy (non-hydrogen) atoms. The number of benzene rings is 2. The number of rotatable bonds is 12. The Balaban J connectivity index is 1.01. The number of allylic oxidation sites excluding steroid dienone is 9. The first kappa shape index (κ1) is 39.6. The Bertz CT molecular complexity index is 1810. The summed E-state index contributed by atoms with van der Waals surface area (Å²) in [6.07, 6.45) is 39.4. The predicted octanol–water partition coefficient (Wildman–Crippen LogP) is 14.3. The van der Waals surface area contributed by atoms with E-state index in [2.05, 4.69) is 156 Å². The van der Waals surface area contributed by atoms with Gasteiger partial charge >= 0.3 is 0 Å². The molecule has 292 valence electrons. The van der Waals surface area contributed by atoms with Crippen LogP contribution < -0.4 is 0 Å². The molecule has 1 heterocycles. The van der Waals surface area contributed by atoms with Crippen molar-refractivity contribution in [1.29, 1.82) is 0 Å². The minimum Gasteiger partial charge on any atom is -0.356 e. The lowest BCUT2D eigenvalue weighted by Crippen LogP contribution is -2.44. The fourth-order valence-electron chi connectivity index (χ4n) is 10.7. The van der Waals surface area contributed by atoms with E-state index in [9.17, 15) is 0 Å². The Kier molecular flexibility index (Phi) is 13.0. The van der Waals surface area contributed by atoms with Crippen molar-refractivity contribution in [1.82, 2.24) is 4.90 Å². The Hall–Kier alpha value is -3.65. The summed E-state index contributed by atoms with van der Waals surface area (Å²) in [6, 6.07) is 19.6. The molecule has 0 amide bonds. The van der Waals surface area contributed by atoms with Crippen LogP contribution in [0.3, 0.4) is 0 Å². The minimum atomic E-state index is 0.0977. The molecule has 2 aromatic carbocycles. The van der Waals surface area contributed by atoms with Gasteiger partial charge in [0.05, 0.1) is 11.7 Å². The largest absolute Gasteiger partial charge is 0.356 e. The molecular weight excluding hydrogens is 665 g/mol. The molecule has 0 spiro atoms. The molecule has 1 fully saturated rings. The van der Waals surface area contributed by atoms with E-state index in [4.69, 9.17) is 4.99 Å². The third kappa shape index (κ3) is 9.16. The van der Waals surface area contributed by atoms with Crippen molar-refractivity contribution in [3.05, 3.63) is 132 Å². The summed E-state index contributed by atoms with van der Waals surface area (Å²) in [7, 11) is 2.32. The third-order valence-electron chi connectivity index (χ3n) is 14.9. The molecule has 8 atom stereocenters. The molecule has 2 heteroatoms. The van der Waals surface area contributed by atoms with Gasteiger partial charge in [0.25, 0.3) is 0 Å². The lowest BCUT2D eigenvalue weighted by atomic mass is 9.62. The van der Waals surface area contributed by atoms with E-state index < -0.39 is 0 Å². The maximum atomic E-state index is 5.44. The van der Waals surface area contributed by atoms with Crippen LogP contribution >= 0.6 is 0 Å². The van der Waals surface area contributed by atoms with E-state index in [1.165, 1.54) is 98.0 Å². The summed E-state index contributed by atoms with van der Waals surface area (Å²) in [5.74, 6) is 6.14. The van der Waals surface area contributed by atoms with Gasteiger partial charge in [-0.25, -0.2) is 4.99 Å². The maximum absolute atomic E-state index is 5.44. The van der Waals surface area contributed by atoms with Crippen molar-refractivity contribution < 1.29 is 0 Å². The SMILES string of the molecule is CCC(CCC(C)C(C)(C)c1ccc(-c2cccc([C@@H]3CCCC4C=CCC(C)C43)c2)cc1)CC1=NC(C2=C/C/C=C\C/C=C\2)=C[C@H](C2CC=CCC2)N1C. The topological polar surface area (TPSA) is 15.6 Å². The Morgan fingerprint density at radius 2 is 1.71 bits per heavy atom. The van der Waals surface area contributed by atoms with Crippen LogP contribution in [0.5, 0.6) is 0 Å². The second-order valence-corrected chi connectivity index (χ2v) is 18.5. The second-order valence-electron chi connectivity index (χ2n) is 18.5. The van der Waals surface area contributed by atoms with Crippen LogP contribution in [-0.2, 0) is 5.41 Å². The van der Waals surface area contributed by atoms with Crippen molar-refractivity contribution in [3.8, 4) is 11.1 Å². The first-order valence-corrected chi connectivity index (χ1v) is 22.3. The summed E-state index contributed by atoms with van der Waals surface area (Å²) in [6.45, 7) is 12.3. The lowest BCUT2D eigenvalue weighted by Gasteiger charge is -2.43. The van der Waals surface area contributed by atoms with Crippen molar-refractivity contribution in [2.45, 2.75) is 135 Å². The van der Waals surface area contributed by atoms with Gasteiger partial charge in [-0.2, -0.15) is 0 Å². The lowest BCUT2D eigenvalue weighted by molar-refractivity contribution is 0.164. The van der Waals surface area contributed by atoms with E-state index in [-0.39, 0.29) is 5.41 Å². The summed E-state index contributed by atoms with van der Waals surface area (Å²) < 4.78 is 0. The van der Waals surface area contributed by atoms with Crippen LogP contribution in [0, 0.1) is 35.5 Å². The summed E-state index contributed by atoms with van der Waals surface area (Å²) in [5.41, 5.74) is 8.32. The Morgan fingerprint density at radius 1 is 0.873 bits per heavy atom. The highest BCUT2D eigenvalue weighted by Gasteiger charge is 2.38. The van der Waals surface area contributed by atoms with E-state index in [0.29, 0.717) is 29.7 Å². The quantitative estimate of drug-likeness (QED) is 0.198. The number of aliphatic imine (C=N–C) groups is 1. The molecule has 1 saturated carbocycles. The standard InChI is InChI=1S/C53H70N2/c1-7-40(35-51-54-49(42-20-12-9-8-10-13-21-42)37-50(55(51)6)43-22-14-11-15-23-43)30-29-39(3)53(4,5)47-33-31-41(32-34-47)45-26-17-27-46(36-45)48-28-18-25-44-24-16-19-38(2)52(44)48/h8-9,11,13-14,16-17,20-21,24,26-27,31-34,36-40,43-44,48,50,52H,7,10,12,15,18-19,22-23,25,28-30,35H2,1-6H3/b9-8-,21-13-,42-20+/t38?,39?,40?,43?,44?,48-,50+,52?/m0/s1. The number of amidine groups is 1. The van der Waals surface area contributed by atoms with Gasteiger partial charge in [0.2, 0.25) is 0 Å². The molecule has 7 rings (SSSR count). The van der Waals surface area contributed by atoms with E-state index >= 15 is 0 Å². The predicted molar refractivity (Wildman–Crippen MR) is 237 cm³/mol. The number of likely N-dealkylation sites (N-methyl/N-ethyl adjacent to an activating group) is 1. The number of fused-ring (bicyclic) bond motifs is 1. The van der Waals surface area contributed by atoms with Gasteiger partial charge in [-0.1, -0.05) is 151 Å². The molecule has 1 aliphatic heterocycles. The number of hydrogen-bond donors (Lipinski definition) is 0. The molecule has 2 aromatic rings. The van der Waals surface area contributed by atoms with E-state index in [1.54, 1.807) is 5.56 Å². The van der Waals surface area contributed by atoms with Crippen LogP contribution in [0.4, 0.5) is 0 Å². The molecule has 5 aliphatic rings. The fourth-order valence-corrected chi connectivity index (χ4v) is 10.7. The van der Waals surface area contributed by atoms with Gasteiger partial charge in [0.1, 0.15) is 5.84 Å². The first-order chi connectivity index (χ1) is 26.7. The molecule has 4 aliphatic carbocycles. The summed E-state index contributed by atoms with van der Waals surface area (Å²) >= 11 is 0. The number of nitrogens with zero attached hydrogens (tertiary/aromatic N) is 2. The van der Waals surface area contributed by atoms with Crippen molar-refractivity contribution in [2.75, 3.05) is 7.05 Å². The van der Waals surface area contributed by atoms with Gasteiger partial charge < -0.3 is 4.90 Å². The van der Waals surface area contributed by atoms with Gasteiger partial charge in [0.15, 0.2) is 0 Å². The molecule has 0 saturated heterocycles. The first-order valence-electron chi connectivity index (χ1n) is 22.3. The Morgan fingerprint density at radius 3 is 2.51 bits per heavy atom. The molecule has 2 nitrogen and oxygen atoms in total. The summed E-state index contributed by atoms with van der Waals surface area (Å²) in [5, 5.41) is 0. The summed E-state index contributed by atoms with van der Waals surface area (Å²) in [4.78, 5) is 7.99. The molecule has 0 bridgehead atoms. The number of hydrogen-bond acceptors (Lipinski definition) is 2. The highest BCUT2D eigenvalue weighted by molar-refractivity contribution is 5.85.